The summed E-state index contributed by atoms with van der Waals surface area (Å²) in [6.07, 6.45) is 60.2. The molecule has 20 heteroatoms. The summed E-state index contributed by atoms with van der Waals surface area (Å²) in [5.41, 5.74) is 3.26. The molecule has 0 amide bonds. The predicted molar refractivity (Wildman–Crippen MR) is 402 cm³/mol. The number of hydrogen-bond donors (Lipinski definition) is 1. The third-order valence-corrected chi connectivity index (χ3v) is 17.3. The number of likely N-dealkylation sites (tertiary alicyclic amines) is 2. The molecule has 15 nitrogen and oxygen atoms in total. The van der Waals surface area contributed by atoms with Crippen molar-refractivity contribution in [1.29, 1.82) is 0 Å². The zero-order valence-electron chi connectivity index (χ0n) is 56.1. The van der Waals surface area contributed by atoms with Crippen molar-refractivity contribution in [1.82, 2.24) is 9.80 Å². The highest BCUT2D eigenvalue weighted by Crippen LogP contribution is 2.36. The number of esters is 4. The molecule has 0 aliphatic carbocycles. The van der Waals surface area contributed by atoms with Crippen LogP contribution in [0.1, 0.15) is 160 Å². The Kier molecular flexibility index (Phi) is 54.5. The van der Waals surface area contributed by atoms with Gasteiger partial charge < -0.3 is 33.2 Å². The molecule has 534 valence electrons. The van der Waals surface area contributed by atoms with E-state index in [1.165, 1.54) is 12.2 Å². The number of hydrogen-bond acceptors (Lipinski definition) is 17. The number of thiol groups is 1. The Balaban J connectivity index is 0.000000952. The number of nitrogens with zero attached hydrogens (tertiary/aromatic N) is 2. The number of allylic oxidation sites excluding steroid dienone is 20. The summed E-state index contributed by atoms with van der Waals surface area (Å²) in [5, 5.41) is 1.03. The van der Waals surface area contributed by atoms with Crippen LogP contribution in [0, 0.1) is 0 Å². The van der Waals surface area contributed by atoms with Crippen molar-refractivity contribution in [3.05, 3.63) is 215 Å². The zero-order valence-corrected chi connectivity index (χ0v) is 60.1. The van der Waals surface area contributed by atoms with Gasteiger partial charge in [0, 0.05) is 78.8 Å². The first kappa shape index (κ1) is 88.6. The molecule has 0 saturated carbocycles. The summed E-state index contributed by atoms with van der Waals surface area (Å²) in [6.45, 7) is 6.69. The number of methoxy groups -OCH3 is 1. The molecule has 0 bridgehead atoms. The van der Waals surface area contributed by atoms with Gasteiger partial charge in [-0.2, -0.15) is 12.6 Å². The quantitative estimate of drug-likeness (QED) is 0.00968. The van der Waals surface area contributed by atoms with Crippen LogP contribution in [0.2, 0.25) is 10.0 Å². The Labute approximate surface area is 604 Å². The van der Waals surface area contributed by atoms with E-state index in [0.29, 0.717) is 74.4 Å². The molecule has 0 radical (unpaired) electrons. The monoisotopic (exact) mass is 1430 g/mol. The molecular weight excluding hydrogens is 1330 g/mol. The van der Waals surface area contributed by atoms with Gasteiger partial charge in [0.2, 0.25) is 13.6 Å². The average molecular weight is 1440 g/mol. The fourth-order valence-electron chi connectivity index (χ4n) is 9.77. The summed E-state index contributed by atoms with van der Waals surface area (Å²) < 4.78 is 36.1. The van der Waals surface area contributed by atoms with E-state index in [0.717, 1.165) is 106 Å². The van der Waals surface area contributed by atoms with Gasteiger partial charge in [0.1, 0.15) is 13.2 Å². The molecule has 4 atom stereocenters. The molecule has 2 saturated heterocycles. The maximum atomic E-state index is 12.7. The van der Waals surface area contributed by atoms with Gasteiger partial charge in [0.25, 0.3) is 12.9 Å². The fraction of sp³-hybridized carbons (Fsp3) is 0.455. The van der Waals surface area contributed by atoms with Crippen molar-refractivity contribution in [2.24, 2.45) is 0 Å². The summed E-state index contributed by atoms with van der Waals surface area (Å²) >= 11 is 19.1. The molecule has 0 spiro atoms. The number of benzene rings is 2. The highest BCUT2D eigenvalue weighted by molar-refractivity contribution is 7.99. The molecule has 4 rings (SSSR count). The summed E-state index contributed by atoms with van der Waals surface area (Å²) in [7, 11) is 1.63. The van der Waals surface area contributed by atoms with Gasteiger partial charge in [-0.15, -0.1) is 24.2 Å². The summed E-state index contributed by atoms with van der Waals surface area (Å²) in [6, 6.07) is 14.3. The van der Waals surface area contributed by atoms with Crippen LogP contribution in [0.25, 0.3) is 0 Å². The molecule has 2 unspecified atom stereocenters. The van der Waals surface area contributed by atoms with Gasteiger partial charge in [-0.1, -0.05) is 202 Å². The van der Waals surface area contributed by atoms with Crippen LogP contribution in [-0.4, -0.2) is 123 Å². The number of piperidine rings is 2. The lowest BCUT2D eigenvalue weighted by atomic mass is 9.98. The maximum absolute atomic E-state index is 12.7. The minimum Gasteiger partial charge on any atom is -0.466 e. The van der Waals surface area contributed by atoms with E-state index in [2.05, 4.69) is 158 Å². The normalized spacial score (nSPS) is 17.0. The molecule has 0 N–H and O–H groups in total. The van der Waals surface area contributed by atoms with Crippen molar-refractivity contribution in [3.63, 3.8) is 0 Å². The van der Waals surface area contributed by atoms with Crippen molar-refractivity contribution < 1.29 is 61.9 Å². The minimum absolute atomic E-state index is 0. The van der Waals surface area contributed by atoms with Crippen LogP contribution in [0.4, 0.5) is 0 Å². The van der Waals surface area contributed by atoms with Gasteiger partial charge in [0.15, 0.2) is 0 Å². The van der Waals surface area contributed by atoms with Crippen molar-refractivity contribution >= 4 is 96.8 Å². The van der Waals surface area contributed by atoms with Gasteiger partial charge in [-0.3, -0.25) is 29.0 Å². The highest BCUT2D eigenvalue weighted by Gasteiger charge is 2.33. The number of halogens is 3. The second-order valence-corrected chi connectivity index (χ2v) is 24.4. The van der Waals surface area contributed by atoms with E-state index in [4.69, 9.17) is 56.4 Å². The van der Waals surface area contributed by atoms with E-state index in [1.807, 2.05) is 36.4 Å². The van der Waals surface area contributed by atoms with E-state index in [-0.39, 0.29) is 68.5 Å². The second kappa shape index (κ2) is 59.6. The van der Waals surface area contributed by atoms with Crippen LogP contribution >= 0.6 is 60.0 Å². The zero-order chi connectivity index (χ0) is 68.6. The number of carbonyl (C=O) groups is 6. The first-order chi connectivity index (χ1) is 46.4. The average Bonchev–Trinajstić information content (AvgIpc) is 0.846. The third-order valence-electron chi connectivity index (χ3n) is 14.7. The van der Waals surface area contributed by atoms with E-state index in [1.54, 1.807) is 31.0 Å². The van der Waals surface area contributed by atoms with Crippen LogP contribution in [-0.2, 0) is 61.9 Å². The first-order valence-electron chi connectivity index (χ1n) is 32.9. The number of ether oxygens (including phenoxy) is 7. The first-order valence-corrected chi connectivity index (χ1v) is 35.2. The molecule has 2 aromatic rings. The molecule has 2 fully saturated rings. The Morgan fingerprint density at radius 2 is 0.897 bits per heavy atom. The maximum Gasteiger partial charge on any atom is 0.333 e. The van der Waals surface area contributed by atoms with E-state index >= 15 is 0 Å². The fourth-order valence-corrected chi connectivity index (χ4v) is 11.5. The Morgan fingerprint density at radius 3 is 1.28 bits per heavy atom. The summed E-state index contributed by atoms with van der Waals surface area (Å²) in [5.74, 6) is -1.56. The predicted octanol–water partition coefficient (Wildman–Crippen LogP) is 18.4. The molecule has 0 aromatic heterocycles. The second-order valence-electron chi connectivity index (χ2n) is 21.9. The lowest BCUT2D eigenvalue weighted by molar-refractivity contribution is -0.165. The van der Waals surface area contributed by atoms with E-state index < -0.39 is 37.5 Å². The SMILES string of the molecule is C.CC/C=C\C/C=C\C/C=C\C/C=C\C/C=C\CCCC(=O)OCOC(=O)/C=C1/CN([C@H](COC=O)c2ccccc2Cl)CCC1S.CC/C=C\C/C=C\C/C=C\C/C=C\C/C=C\CCCC(=O)OCOC(=O)/C=C1/CN([C@H](COC=O)c2ccccc2Cl)CCC1SCOC.Cl. The van der Waals surface area contributed by atoms with Crippen LogP contribution < -0.4 is 0 Å². The van der Waals surface area contributed by atoms with Gasteiger partial charge in [-0.05, 0) is 137 Å². The Bertz CT molecular complexity index is 2920. The Morgan fingerprint density at radius 1 is 0.536 bits per heavy atom. The van der Waals surface area contributed by atoms with E-state index in [9.17, 15) is 28.8 Å². The smallest absolute Gasteiger partial charge is 0.333 e. The third kappa shape index (κ3) is 42.2. The molecule has 2 aliphatic heterocycles. The minimum atomic E-state index is -0.610. The highest BCUT2D eigenvalue weighted by atomic mass is 35.5. The number of rotatable bonds is 45. The van der Waals surface area contributed by atoms with Crippen LogP contribution in [0.15, 0.2) is 193 Å². The molecule has 2 heterocycles. The molecular formula is C77H105Cl3N2O13S2. The van der Waals surface area contributed by atoms with Crippen molar-refractivity contribution in [2.75, 3.05) is 66.0 Å². The molecule has 2 aliphatic rings. The Hall–Kier alpha value is -6.41. The van der Waals surface area contributed by atoms with Crippen LogP contribution in [0.3, 0.4) is 0 Å². The van der Waals surface area contributed by atoms with Gasteiger partial charge in [0.05, 0.1) is 18.0 Å². The molecule has 97 heavy (non-hydrogen) atoms. The number of carbonyl (C=O) groups excluding carboxylic acids is 6. The van der Waals surface area contributed by atoms with Gasteiger partial charge >= 0.3 is 23.9 Å². The summed E-state index contributed by atoms with van der Waals surface area (Å²) in [4.78, 5) is 75.6. The largest absolute Gasteiger partial charge is 0.466 e. The van der Waals surface area contributed by atoms with Crippen LogP contribution in [0.5, 0.6) is 0 Å². The standard InChI is InChI=1S/C39H52ClNO7S.C37H48ClNO6S.CH4.ClH/c1-3-4-5-6-7-8-9-10-11-12-13-14-15-16-17-18-19-24-38(43)47-31-48-39(44)27-33-28-41(26-25-37(33)49-32-45-2)36(29-46-30-42)34-22-20-21-23-35(34)40;1-2-3-4-5-6-7-8-9-10-11-12-13-14-15-16-17-18-23-36(41)44-30-45-37(42)26-31-27-39(25-24-35(31)46)34(28-43-29-40)32-21-19-20-22-33(32)38;;/h4-5,7-8,10-11,13-14,16-17,20-23,27,30,36-37H,3,6,9,12,15,18-19,24-26,28-29,31-32H2,1-2H3;3-4,6-7,9-10,12-13,15-16,19-22,26,29,34-35,46H,2,5,8,11,14,17-18,23-25,27-28,30H2,1H3;1H4;1H/b5-4-,8-7-,11-10-,14-13-,17-16-,33-27-;4-3-,7-6-,10-9-,13-12-,16-15-,31-26-;;/t36-,37?;34-,35?;;/m11../s1. The number of unbranched alkanes of at least 4 members (excludes halogenated alkanes) is 2. The number of thioether (sulfide) groups is 1. The van der Waals surface area contributed by atoms with Gasteiger partial charge in [-0.25, -0.2) is 9.59 Å². The van der Waals surface area contributed by atoms with Crippen molar-refractivity contribution in [3.8, 4) is 0 Å². The molecule has 2 aromatic carbocycles. The van der Waals surface area contributed by atoms with Crippen molar-refractivity contribution in [2.45, 2.75) is 159 Å². The lowest BCUT2D eigenvalue weighted by Gasteiger charge is -2.39. The lowest BCUT2D eigenvalue weighted by Crippen LogP contribution is -2.41. The topological polar surface area (TPSA) is 174 Å².